The summed E-state index contributed by atoms with van der Waals surface area (Å²) in [6, 6.07) is -0.180. The zero-order chi connectivity index (χ0) is 13.9. The lowest BCUT2D eigenvalue weighted by atomic mass is 9.90. The molecule has 0 saturated carbocycles. The van der Waals surface area contributed by atoms with E-state index in [1.807, 2.05) is 27.7 Å². The lowest BCUT2D eigenvalue weighted by Crippen LogP contribution is -2.50. The van der Waals surface area contributed by atoms with Crippen molar-refractivity contribution in [2.24, 2.45) is 5.92 Å². The van der Waals surface area contributed by atoms with Crippen LogP contribution < -0.4 is 0 Å². The Morgan fingerprint density at radius 1 is 1.28 bits per heavy atom. The maximum atomic E-state index is 12.0. The SMILES string of the molecule is COC(=O)[C@@H]1CCCN(C(=O)OC(C)(C)C)[C@@H]1C. The second-order valence-electron chi connectivity index (χ2n) is 5.69. The van der Waals surface area contributed by atoms with Gasteiger partial charge in [0.1, 0.15) is 5.60 Å². The van der Waals surface area contributed by atoms with Crippen LogP contribution in [0.1, 0.15) is 40.5 Å². The van der Waals surface area contributed by atoms with Gasteiger partial charge < -0.3 is 14.4 Å². The smallest absolute Gasteiger partial charge is 0.410 e. The summed E-state index contributed by atoms with van der Waals surface area (Å²) in [4.78, 5) is 25.3. The summed E-state index contributed by atoms with van der Waals surface area (Å²) in [5.41, 5.74) is -0.519. The highest BCUT2D eigenvalue weighted by atomic mass is 16.6. The maximum Gasteiger partial charge on any atom is 0.410 e. The van der Waals surface area contributed by atoms with E-state index >= 15 is 0 Å². The molecule has 1 saturated heterocycles. The molecule has 0 aromatic carbocycles. The van der Waals surface area contributed by atoms with Gasteiger partial charge in [-0.1, -0.05) is 0 Å². The van der Waals surface area contributed by atoms with Crippen LogP contribution in [0, 0.1) is 5.92 Å². The molecule has 0 aromatic rings. The molecule has 0 N–H and O–H groups in total. The number of hydrogen-bond donors (Lipinski definition) is 0. The van der Waals surface area contributed by atoms with E-state index in [1.54, 1.807) is 4.90 Å². The molecule has 1 heterocycles. The first-order valence-corrected chi connectivity index (χ1v) is 6.33. The molecule has 1 amide bonds. The van der Waals surface area contributed by atoms with E-state index in [0.717, 1.165) is 12.8 Å². The number of rotatable bonds is 1. The number of piperidine rings is 1. The largest absolute Gasteiger partial charge is 0.469 e. The molecule has 0 unspecified atom stereocenters. The average molecular weight is 257 g/mol. The molecule has 1 fully saturated rings. The minimum Gasteiger partial charge on any atom is -0.469 e. The van der Waals surface area contributed by atoms with Crippen molar-refractivity contribution in [3.8, 4) is 0 Å². The molecule has 104 valence electrons. The molecule has 0 aromatic heterocycles. The highest BCUT2D eigenvalue weighted by molar-refractivity contribution is 5.75. The minimum absolute atomic E-state index is 0.180. The van der Waals surface area contributed by atoms with Gasteiger partial charge in [0.15, 0.2) is 0 Å². The van der Waals surface area contributed by atoms with Gasteiger partial charge in [-0.2, -0.15) is 0 Å². The Morgan fingerprint density at radius 3 is 2.39 bits per heavy atom. The van der Waals surface area contributed by atoms with E-state index < -0.39 is 5.60 Å². The Labute approximate surface area is 108 Å². The number of ether oxygens (including phenoxy) is 2. The number of carbonyl (C=O) groups is 2. The quantitative estimate of drug-likeness (QED) is 0.676. The number of amides is 1. The van der Waals surface area contributed by atoms with Gasteiger partial charge >= 0.3 is 12.1 Å². The zero-order valence-corrected chi connectivity index (χ0v) is 11.9. The molecule has 1 aliphatic rings. The number of likely N-dealkylation sites (tertiary alicyclic amines) is 1. The summed E-state index contributed by atoms with van der Waals surface area (Å²) >= 11 is 0. The number of nitrogens with zero attached hydrogens (tertiary/aromatic N) is 1. The van der Waals surface area contributed by atoms with Crippen LogP contribution in [0.25, 0.3) is 0 Å². The molecular weight excluding hydrogens is 234 g/mol. The number of hydrogen-bond acceptors (Lipinski definition) is 4. The molecule has 1 rings (SSSR count). The van der Waals surface area contributed by atoms with Crippen LogP contribution in [0.15, 0.2) is 0 Å². The fourth-order valence-corrected chi connectivity index (χ4v) is 2.19. The van der Waals surface area contributed by atoms with Crippen molar-refractivity contribution in [3.05, 3.63) is 0 Å². The summed E-state index contributed by atoms with van der Waals surface area (Å²) in [6.45, 7) is 7.99. The van der Waals surface area contributed by atoms with E-state index in [9.17, 15) is 9.59 Å². The Balaban J connectivity index is 2.71. The third kappa shape index (κ3) is 3.62. The number of carbonyl (C=O) groups excluding carboxylic acids is 2. The third-order valence-electron chi connectivity index (χ3n) is 3.12. The Kier molecular flexibility index (Phi) is 4.59. The summed E-state index contributed by atoms with van der Waals surface area (Å²) in [5.74, 6) is -0.507. The van der Waals surface area contributed by atoms with Crippen LogP contribution in [0.4, 0.5) is 4.79 Å². The van der Waals surface area contributed by atoms with Gasteiger partial charge in [-0.05, 0) is 40.5 Å². The van der Waals surface area contributed by atoms with Gasteiger partial charge in [0, 0.05) is 12.6 Å². The molecule has 5 heteroatoms. The molecule has 0 spiro atoms. The predicted molar refractivity (Wildman–Crippen MR) is 67.1 cm³/mol. The van der Waals surface area contributed by atoms with E-state index in [1.165, 1.54) is 7.11 Å². The van der Waals surface area contributed by atoms with Crippen molar-refractivity contribution in [3.63, 3.8) is 0 Å². The van der Waals surface area contributed by atoms with Crippen LogP contribution in [0.2, 0.25) is 0 Å². The van der Waals surface area contributed by atoms with E-state index in [0.29, 0.717) is 6.54 Å². The van der Waals surface area contributed by atoms with E-state index in [2.05, 4.69) is 0 Å². The molecule has 0 radical (unpaired) electrons. The summed E-state index contributed by atoms with van der Waals surface area (Å²) in [5, 5.41) is 0. The summed E-state index contributed by atoms with van der Waals surface area (Å²) in [7, 11) is 1.38. The maximum absolute atomic E-state index is 12.0. The van der Waals surface area contributed by atoms with Gasteiger partial charge in [-0.25, -0.2) is 4.79 Å². The topological polar surface area (TPSA) is 55.8 Å². The Hall–Kier alpha value is -1.26. The molecule has 0 bridgehead atoms. The fourth-order valence-electron chi connectivity index (χ4n) is 2.19. The van der Waals surface area contributed by atoms with Crippen molar-refractivity contribution in [2.45, 2.75) is 52.2 Å². The van der Waals surface area contributed by atoms with E-state index in [4.69, 9.17) is 9.47 Å². The first-order chi connectivity index (χ1) is 8.26. The van der Waals surface area contributed by atoms with Gasteiger partial charge in [0.05, 0.1) is 13.0 Å². The van der Waals surface area contributed by atoms with E-state index in [-0.39, 0.29) is 24.0 Å². The van der Waals surface area contributed by atoms with Crippen LogP contribution in [0.5, 0.6) is 0 Å². The number of methoxy groups -OCH3 is 1. The average Bonchev–Trinajstić information content (AvgIpc) is 2.26. The van der Waals surface area contributed by atoms with Crippen molar-refractivity contribution in [2.75, 3.05) is 13.7 Å². The molecule has 18 heavy (non-hydrogen) atoms. The molecule has 0 aliphatic carbocycles. The lowest BCUT2D eigenvalue weighted by Gasteiger charge is -2.38. The van der Waals surface area contributed by atoms with Crippen LogP contribution in [0.3, 0.4) is 0 Å². The van der Waals surface area contributed by atoms with Crippen LogP contribution >= 0.6 is 0 Å². The highest BCUT2D eigenvalue weighted by Crippen LogP contribution is 2.26. The normalized spacial score (nSPS) is 24.6. The first kappa shape index (κ1) is 14.8. The molecule has 1 aliphatic heterocycles. The second-order valence-corrected chi connectivity index (χ2v) is 5.69. The van der Waals surface area contributed by atoms with Gasteiger partial charge in [-0.3, -0.25) is 4.79 Å². The standard InChI is InChI=1S/C13H23NO4/c1-9-10(11(15)17-5)7-6-8-14(9)12(16)18-13(2,3)4/h9-10H,6-8H2,1-5H3/t9-,10-/m1/s1. The molecular formula is C13H23NO4. The van der Waals surface area contributed by atoms with Crippen molar-refractivity contribution < 1.29 is 19.1 Å². The Bertz CT molecular complexity index is 321. The van der Waals surface area contributed by atoms with Crippen LogP contribution in [-0.4, -0.2) is 42.3 Å². The van der Waals surface area contributed by atoms with Crippen molar-refractivity contribution >= 4 is 12.1 Å². The summed E-state index contributed by atoms with van der Waals surface area (Å²) in [6.07, 6.45) is 1.19. The second kappa shape index (κ2) is 5.59. The predicted octanol–water partition coefficient (Wildman–Crippen LogP) is 2.20. The fraction of sp³-hybridized carbons (Fsp3) is 0.846. The first-order valence-electron chi connectivity index (χ1n) is 6.33. The molecule has 5 nitrogen and oxygen atoms in total. The zero-order valence-electron chi connectivity index (χ0n) is 11.9. The highest BCUT2D eigenvalue weighted by Gasteiger charge is 2.37. The van der Waals surface area contributed by atoms with Crippen molar-refractivity contribution in [1.29, 1.82) is 0 Å². The Morgan fingerprint density at radius 2 is 1.89 bits per heavy atom. The number of esters is 1. The van der Waals surface area contributed by atoms with Gasteiger partial charge in [0.2, 0.25) is 0 Å². The molecule has 2 atom stereocenters. The van der Waals surface area contributed by atoms with Gasteiger partial charge in [0.25, 0.3) is 0 Å². The lowest BCUT2D eigenvalue weighted by molar-refractivity contribution is -0.149. The van der Waals surface area contributed by atoms with Gasteiger partial charge in [-0.15, -0.1) is 0 Å². The van der Waals surface area contributed by atoms with Crippen molar-refractivity contribution in [1.82, 2.24) is 4.90 Å². The summed E-state index contributed by atoms with van der Waals surface area (Å²) < 4.78 is 10.1. The third-order valence-corrected chi connectivity index (χ3v) is 3.12. The monoisotopic (exact) mass is 257 g/mol. The minimum atomic E-state index is -0.519. The van der Waals surface area contributed by atoms with Crippen LogP contribution in [-0.2, 0) is 14.3 Å².